The SMILES string of the molecule is COc1ccc(-c2c3c(cc4[cH-]c(C)cc24)CCC3)c(C(C)(C)C)c1C(C)(C)C.[Zr]. The van der Waals surface area contributed by atoms with E-state index in [4.69, 9.17) is 4.74 Å². The van der Waals surface area contributed by atoms with Crippen molar-refractivity contribution < 1.29 is 30.9 Å². The average molecular weight is 479 g/mol. The maximum Gasteiger partial charge on any atom is 0.122 e. The summed E-state index contributed by atoms with van der Waals surface area (Å²) < 4.78 is 5.88. The Morgan fingerprint density at radius 3 is 2.17 bits per heavy atom. The predicted octanol–water partition coefficient (Wildman–Crippen LogP) is 7.62. The van der Waals surface area contributed by atoms with Gasteiger partial charge in [-0.25, -0.2) is 0 Å². The first-order chi connectivity index (χ1) is 13.5. The number of ether oxygens (including phenoxy) is 1. The van der Waals surface area contributed by atoms with Gasteiger partial charge in [-0.05, 0) is 47.3 Å². The molecule has 0 unspecified atom stereocenters. The maximum absolute atomic E-state index is 5.88. The zero-order chi connectivity index (χ0) is 21.1. The van der Waals surface area contributed by atoms with Gasteiger partial charge in [-0.1, -0.05) is 71.2 Å². The van der Waals surface area contributed by atoms with Crippen molar-refractivity contribution in [3.63, 3.8) is 0 Å². The summed E-state index contributed by atoms with van der Waals surface area (Å²) in [4.78, 5) is 0. The molecule has 30 heavy (non-hydrogen) atoms. The van der Waals surface area contributed by atoms with Crippen LogP contribution in [0.1, 0.15) is 75.8 Å². The average Bonchev–Trinajstić information content (AvgIpc) is 3.21. The first kappa shape index (κ1) is 23.4. The number of methoxy groups -OCH3 is 1. The zero-order valence-corrected chi connectivity index (χ0v) is 22.4. The summed E-state index contributed by atoms with van der Waals surface area (Å²) in [6.07, 6.45) is 3.65. The van der Waals surface area contributed by atoms with Crippen molar-refractivity contribution in [3.05, 3.63) is 58.1 Å². The first-order valence-electron chi connectivity index (χ1n) is 11.0. The summed E-state index contributed by atoms with van der Waals surface area (Å²) in [5.41, 5.74) is 10.1. The Kier molecular flexibility index (Phi) is 6.25. The summed E-state index contributed by atoms with van der Waals surface area (Å²) in [7, 11) is 1.80. The van der Waals surface area contributed by atoms with E-state index >= 15 is 0 Å². The van der Waals surface area contributed by atoms with Gasteiger partial charge in [0.1, 0.15) is 5.75 Å². The second-order valence-corrected chi connectivity index (χ2v) is 10.8. The van der Waals surface area contributed by atoms with Crippen molar-refractivity contribution in [1.29, 1.82) is 0 Å². The molecule has 0 aromatic heterocycles. The summed E-state index contributed by atoms with van der Waals surface area (Å²) in [5, 5.41) is 2.81. The molecule has 0 N–H and O–H groups in total. The van der Waals surface area contributed by atoms with Crippen LogP contribution in [0.2, 0.25) is 0 Å². The van der Waals surface area contributed by atoms with E-state index in [1.165, 1.54) is 57.9 Å². The predicted molar refractivity (Wildman–Crippen MR) is 126 cm³/mol. The molecule has 0 fully saturated rings. The molecular weight excluding hydrogens is 444 g/mol. The van der Waals surface area contributed by atoms with Gasteiger partial charge in [0.25, 0.3) is 0 Å². The molecule has 0 spiro atoms. The van der Waals surface area contributed by atoms with E-state index in [0.717, 1.165) is 5.75 Å². The molecule has 1 aliphatic carbocycles. The van der Waals surface area contributed by atoms with Crippen LogP contribution >= 0.6 is 0 Å². The Morgan fingerprint density at radius 2 is 1.57 bits per heavy atom. The Balaban J connectivity index is 0.00000256. The van der Waals surface area contributed by atoms with Gasteiger partial charge in [0.2, 0.25) is 0 Å². The number of hydrogen-bond donors (Lipinski definition) is 0. The van der Waals surface area contributed by atoms with Crippen LogP contribution in [0.4, 0.5) is 0 Å². The molecule has 158 valence electrons. The van der Waals surface area contributed by atoms with Crippen molar-refractivity contribution in [1.82, 2.24) is 0 Å². The molecule has 2 heteroatoms. The van der Waals surface area contributed by atoms with Gasteiger partial charge in [0.15, 0.2) is 0 Å². The van der Waals surface area contributed by atoms with E-state index in [0.29, 0.717) is 0 Å². The fraction of sp³-hybridized carbons (Fsp3) is 0.464. The Labute approximate surface area is 201 Å². The van der Waals surface area contributed by atoms with Gasteiger partial charge in [0, 0.05) is 31.8 Å². The zero-order valence-electron chi connectivity index (χ0n) is 19.9. The number of rotatable bonds is 2. The van der Waals surface area contributed by atoms with Crippen LogP contribution in [0.5, 0.6) is 5.75 Å². The van der Waals surface area contributed by atoms with Gasteiger partial charge in [-0.3, -0.25) is 0 Å². The van der Waals surface area contributed by atoms with Crippen LogP contribution in [0.15, 0.2) is 30.3 Å². The van der Waals surface area contributed by atoms with E-state index in [-0.39, 0.29) is 37.0 Å². The van der Waals surface area contributed by atoms with Crippen LogP contribution in [-0.4, -0.2) is 7.11 Å². The quantitative estimate of drug-likeness (QED) is 0.344. The van der Waals surface area contributed by atoms with E-state index in [1.807, 2.05) is 0 Å². The summed E-state index contributed by atoms with van der Waals surface area (Å²) in [6.45, 7) is 16.2. The molecule has 0 amide bonds. The van der Waals surface area contributed by atoms with E-state index in [2.05, 4.69) is 78.8 Å². The standard InChI is InChI=1S/C28H35O.Zr/c1-17-14-19-16-18-10-9-11-20(18)24(22(19)15-17)21-12-13-23(29-8)26(28(5,6)7)25(21)27(2,3)4;/h12-16H,9-11H2,1-8H3;/q-1;. The Morgan fingerprint density at radius 1 is 0.900 bits per heavy atom. The number of hydrogen-bond acceptors (Lipinski definition) is 1. The fourth-order valence-corrected chi connectivity index (χ4v) is 5.37. The molecule has 0 saturated heterocycles. The van der Waals surface area contributed by atoms with Gasteiger partial charge < -0.3 is 4.74 Å². The molecule has 3 aromatic rings. The third-order valence-electron chi connectivity index (χ3n) is 6.38. The summed E-state index contributed by atoms with van der Waals surface area (Å²) in [6, 6.07) is 11.7. The third kappa shape index (κ3) is 3.86. The molecule has 0 bridgehead atoms. The molecule has 0 heterocycles. The molecule has 0 aliphatic heterocycles. The molecule has 3 aromatic carbocycles. The van der Waals surface area contributed by atoms with Gasteiger partial charge in [-0.15, -0.1) is 28.5 Å². The van der Waals surface area contributed by atoms with Crippen molar-refractivity contribution >= 4 is 10.8 Å². The number of benzene rings is 2. The molecule has 4 rings (SSSR count). The number of aryl methyl sites for hydroxylation is 2. The van der Waals surface area contributed by atoms with Gasteiger partial charge >= 0.3 is 0 Å². The molecule has 0 saturated carbocycles. The minimum atomic E-state index is 0. The van der Waals surface area contributed by atoms with Crippen molar-refractivity contribution in [2.45, 2.75) is 78.6 Å². The summed E-state index contributed by atoms with van der Waals surface area (Å²) >= 11 is 0. The second kappa shape index (κ2) is 8.01. The molecule has 0 atom stereocenters. The van der Waals surface area contributed by atoms with Crippen LogP contribution in [0.3, 0.4) is 0 Å². The monoisotopic (exact) mass is 477 g/mol. The third-order valence-corrected chi connectivity index (χ3v) is 6.38. The van der Waals surface area contributed by atoms with Gasteiger partial charge in [-0.2, -0.15) is 6.07 Å². The van der Waals surface area contributed by atoms with Crippen LogP contribution < -0.4 is 4.74 Å². The van der Waals surface area contributed by atoms with Crippen LogP contribution in [0.25, 0.3) is 21.9 Å². The maximum atomic E-state index is 5.88. The van der Waals surface area contributed by atoms with Crippen molar-refractivity contribution in [2.75, 3.05) is 7.11 Å². The summed E-state index contributed by atoms with van der Waals surface area (Å²) in [5.74, 6) is 1.01. The van der Waals surface area contributed by atoms with Crippen LogP contribution in [-0.2, 0) is 49.9 Å². The Hall–Kier alpha value is -1.27. The Bertz CT molecular complexity index is 1090. The molecule has 0 radical (unpaired) electrons. The van der Waals surface area contributed by atoms with Crippen LogP contribution in [0, 0.1) is 6.92 Å². The van der Waals surface area contributed by atoms with Crippen molar-refractivity contribution in [2.24, 2.45) is 0 Å². The molecular formula is C28H35OZr-. The van der Waals surface area contributed by atoms with Crippen molar-refractivity contribution in [3.8, 4) is 16.9 Å². The first-order valence-corrected chi connectivity index (χ1v) is 11.0. The topological polar surface area (TPSA) is 9.23 Å². The minimum absolute atomic E-state index is 0. The van der Waals surface area contributed by atoms with E-state index in [9.17, 15) is 0 Å². The normalized spacial score (nSPS) is 14.0. The fourth-order valence-electron chi connectivity index (χ4n) is 5.37. The number of fused-ring (bicyclic) bond motifs is 2. The van der Waals surface area contributed by atoms with E-state index < -0.39 is 0 Å². The smallest absolute Gasteiger partial charge is 0.122 e. The van der Waals surface area contributed by atoms with Gasteiger partial charge in [0.05, 0.1) is 7.11 Å². The largest absolute Gasteiger partial charge is 0.496 e. The van der Waals surface area contributed by atoms with E-state index in [1.54, 1.807) is 18.2 Å². The second-order valence-electron chi connectivity index (χ2n) is 10.8. The molecule has 1 nitrogen and oxygen atoms in total. The minimum Gasteiger partial charge on any atom is -0.496 e. The molecule has 1 aliphatic rings.